The molecule has 0 radical (unpaired) electrons. The number of ether oxygens (including phenoxy) is 3. The Balaban J connectivity index is 1.43. The van der Waals surface area contributed by atoms with Gasteiger partial charge in [0.2, 0.25) is 5.88 Å². The molecule has 0 amide bonds. The summed E-state index contributed by atoms with van der Waals surface area (Å²) < 4.78 is 31.3. The van der Waals surface area contributed by atoms with Crippen LogP contribution in [0.25, 0.3) is 0 Å². The van der Waals surface area contributed by atoms with Gasteiger partial charge >= 0.3 is 0 Å². The summed E-state index contributed by atoms with van der Waals surface area (Å²) in [7, 11) is 0. The van der Waals surface area contributed by atoms with Gasteiger partial charge in [-0.15, -0.1) is 0 Å². The third kappa shape index (κ3) is 3.71. The molecule has 0 N–H and O–H groups in total. The van der Waals surface area contributed by atoms with Crippen LogP contribution >= 0.6 is 0 Å². The second kappa shape index (κ2) is 7.60. The molecule has 146 valence electrons. The van der Waals surface area contributed by atoms with Crippen molar-refractivity contribution in [1.82, 2.24) is 14.9 Å². The minimum absolute atomic E-state index is 0.0601. The van der Waals surface area contributed by atoms with Crippen molar-refractivity contribution in [1.29, 1.82) is 5.26 Å². The van der Waals surface area contributed by atoms with E-state index in [0.717, 1.165) is 6.42 Å². The van der Waals surface area contributed by atoms with Crippen molar-refractivity contribution < 1.29 is 18.6 Å². The summed E-state index contributed by atoms with van der Waals surface area (Å²) in [6.45, 7) is 5.68. The highest BCUT2D eigenvalue weighted by Crippen LogP contribution is 2.31. The first kappa shape index (κ1) is 18.4. The third-order valence-electron chi connectivity index (χ3n) is 5.05. The van der Waals surface area contributed by atoms with Gasteiger partial charge in [-0.05, 0) is 19.9 Å². The largest absolute Gasteiger partial charge is 0.484 e. The highest BCUT2D eigenvalue weighted by Gasteiger charge is 2.32. The zero-order valence-electron chi connectivity index (χ0n) is 15.8. The van der Waals surface area contributed by atoms with Crippen LogP contribution < -0.4 is 14.2 Å². The molecule has 0 spiro atoms. The maximum absolute atomic E-state index is 14.4. The summed E-state index contributed by atoms with van der Waals surface area (Å²) in [5, 5.41) is 9.01. The average molecular weight is 384 g/mol. The summed E-state index contributed by atoms with van der Waals surface area (Å²) in [4.78, 5) is 10.8. The number of rotatable bonds is 4. The van der Waals surface area contributed by atoms with E-state index in [1.165, 1.54) is 6.07 Å². The number of fused-ring (bicyclic) bond motifs is 1. The van der Waals surface area contributed by atoms with Crippen LogP contribution in [0.2, 0.25) is 0 Å². The van der Waals surface area contributed by atoms with Crippen LogP contribution in [0.5, 0.6) is 17.5 Å². The highest BCUT2D eigenvalue weighted by atomic mass is 19.1. The Bertz CT molecular complexity index is 930. The molecule has 4 rings (SSSR count). The molecule has 2 atom stereocenters. The summed E-state index contributed by atoms with van der Waals surface area (Å²) in [6.07, 6.45) is 0.738. The number of aryl methyl sites for hydroxylation is 1. The number of nitriles is 1. The van der Waals surface area contributed by atoms with E-state index < -0.39 is 5.82 Å². The first-order chi connectivity index (χ1) is 13.5. The third-order valence-corrected chi connectivity index (χ3v) is 5.05. The van der Waals surface area contributed by atoms with Crippen LogP contribution in [0.4, 0.5) is 4.39 Å². The molecule has 2 aromatic heterocycles. The molecule has 4 heterocycles. The summed E-state index contributed by atoms with van der Waals surface area (Å²) in [6, 6.07) is 7.07. The Hall–Kier alpha value is -2.92. The fourth-order valence-electron chi connectivity index (χ4n) is 3.54. The van der Waals surface area contributed by atoms with Gasteiger partial charge < -0.3 is 14.2 Å². The molecular weight excluding hydrogens is 363 g/mol. The maximum Gasteiger partial charge on any atom is 0.257 e. The molecule has 0 aromatic carbocycles. The van der Waals surface area contributed by atoms with Gasteiger partial charge in [-0.25, -0.2) is 14.4 Å². The minimum atomic E-state index is -0.398. The Kier molecular flexibility index (Phi) is 5.01. The number of aromatic nitrogens is 2. The molecular formula is C20H21FN4O3. The van der Waals surface area contributed by atoms with E-state index in [0.29, 0.717) is 60.8 Å². The van der Waals surface area contributed by atoms with E-state index in [1.54, 1.807) is 19.1 Å². The molecule has 2 aromatic rings. The second-order valence-electron chi connectivity index (χ2n) is 7.07. The molecule has 7 nitrogen and oxygen atoms in total. The zero-order chi connectivity index (χ0) is 19.7. The number of nitrogens with zero attached hydrogens (tertiary/aromatic N) is 4. The lowest BCUT2D eigenvalue weighted by Crippen LogP contribution is -2.29. The van der Waals surface area contributed by atoms with Crippen molar-refractivity contribution in [3.63, 3.8) is 0 Å². The van der Waals surface area contributed by atoms with E-state index in [2.05, 4.69) is 27.9 Å². The Labute approximate surface area is 162 Å². The van der Waals surface area contributed by atoms with E-state index in [4.69, 9.17) is 19.5 Å². The highest BCUT2D eigenvalue weighted by molar-refractivity contribution is 5.37. The van der Waals surface area contributed by atoms with Gasteiger partial charge in [0.25, 0.3) is 5.88 Å². The summed E-state index contributed by atoms with van der Waals surface area (Å²) >= 11 is 0. The first-order valence-corrected chi connectivity index (χ1v) is 9.27. The molecule has 0 bridgehead atoms. The minimum Gasteiger partial charge on any atom is -0.484 e. The molecule has 8 heteroatoms. The van der Waals surface area contributed by atoms with Gasteiger partial charge in [0.1, 0.15) is 31.2 Å². The zero-order valence-corrected chi connectivity index (χ0v) is 15.8. The number of halogens is 1. The SMILES string of the molecule is Cc1nc(O[C@@H]2C[C@H](C)N(Cc3nc4c(cc3F)OCCO4)C2)ccc1C#N. The number of pyridine rings is 2. The topological polar surface area (TPSA) is 80.5 Å². The molecule has 0 saturated carbocycles. The maximum atomic E-state index is 14.4. The smallest absolute Gasteiger partial charge is 0.257 e. The van der Waals surface area contributed by atoms with Crippen molar-refractivity contribution in [2.45, 2.75) is 39.0 Å². The van der Waals surface area contributed by atoms with Crippen LogP contribution in [0, 0.1) is 24.1 Å². The van der Waals surface area contributed by atoms with Crippen molar-refractivity contribution in [2.75, 3.05) is 19.8 Å². The Morgan fingerprint density at radius 3 is 2.93 bits per heavy atom. The van der Waals surface area contributed by atoms with E-state index in [9.17, 15) is 4.39 Å². The van der Waals surface area contributed by atoms with Crippen molar-refractivity contribution in [2.24, 2.45) is 0 Å². The van der Waals surface area contributed by atoms with Crippen molar-refractivity contribution >= 4 is 0 Å². The van der Waals surface area contributed by atoms with Crippen LogP contribution in [0.3, 0.4) is 0 Å². The fourth-order valence-corrected chi connectivity index (χ4v) is 3.54. The monoisotopic (exact) mass is 384 g/mol. The van der Waals surface area contributed by atoms with Gasteiger partial charge in [0.15, 0.2) is 5.75 Å². The Morgan fingerprint density at radius 1 is 1.32 bits per heavy atom. The predicted molar refractivity (Wildman–Crippen MR) is 97.8 cm³/mol. The fraction of sp³-hybridized carbons (Fsp3) is 0.450. The predicted octanol–water partition coefficient (Wildman–Crippen LogP) is 2.61. The quantitative estimate of drug-likeness (QED) is 0.801. The van der Waals surface area contributed by atoms with Gasteiger partial charge in [-0.3, -0.25) is 4.90 Å². The second-order valence-corrected chi connectivity index (χ2v) is 7.07. The van der Waals surface area contributed by atoms with Crippen LogP contribution in [0.15, 0.2) is 18.2 Å². The molecule has 2 aliphatic rings. The van der Waals surface area contributed by atoms with Gasteiger partial charge in [-0.1, -0.05) is 0 Å². The van der Waals surface area contributed by atoms with Crippen LogP contribution in [-0.2, 0) is 6.54 Å². The number of hydrogen-bond acceptors (Lipinski definition) is 7. The molecule has 0 aliphatic carbocycles. The number of likely N-dealkylation sites (tertiary alicyclic amines) is 1. The van der Waals surface area contributed by atoms with Crippen molar-refractivity contribution in [3.8, 4) is 23.6 Å². The molecule has 0 unspecified atom stereocenters. The lowest BCUT2D eigenvalue weighted by Gasteiger charge is -2.22. The number of hydrogen-bond donors (Lipinski definition) is 0. The van der Waals surface area contributed by atoms with Crippen molar-refractivity contribution in [3.05, 3.63) is 41.0 Å². The van der Waals surface area contributed by atoms with Gasteiger partial charge in [0.05, 0.1) is 17.0 Å². The summed E-state index contributed by atoms with van der Waals surface area (Å²) in [5.41, 5.74) is 1.52. The Morgan fingerprint density at radius 2 is 2.14 bits per heavy atom. The molecule has 1 fully saturated rings. The van der Waals surface area contributed by atoms with Crippen LogP contribution in [0.1, 0.15) is 30.3 Å². The van der Waals surface area contributed by atoms with Gasteiger partial charge in [0, 0.05) is 37.7 Å². The molecule has 28 heavy (non-hydrogen) atoms. The summed E-state index contributed by atoms with van der Waals surface area (Å²) in [5.74, 6) is 0.800. The first-order valence-electron chi connectivity index (χ1n) is 9.27. The lowest BCUT2D eigenvalue weighted by atomic mass is 10.2. The standard InChI is InChI=1S/C20H21FN4O3/c1-12-7-15(28-19-4-3-14(9-22)13(2)23-19)10-25(12)11-17-16(21)8-18-20(24-17)27-6-5-26-18/h3-4,8,12,15H,5-7,10-11H2,1-2H3/t12-,15+/m0/s1. The molecule has 1 saturated heterocycles. The van der Waals surface area contributed by atoms with E-state index in [1.807, 2.05) is 0 Å². The average Bonchev–Trinajstić information content (AvgIpc) is 3.01. The van der Waals surface area contributed by atoms with Crippen LogP contribution in [-0.4, -0.2) is 46.8 Å². The lowest BCUT2D eigenvalue weighted by molar-refractivity contribution is 0.160. The molecule has 2 aliphatic heterocycles. The van der Waals surface area contributed by atoms with E-state index in [-0.39, 0.29) is 12.1 Å². The van der Waals surface area contributed by atoms with E-state index >= 15 is 0 Å². The normalized spacial score (nSPS) is 21.4. The van der Waals surface area contributed by atoms with Gasteiger partial charge in [-0.2, -0.15) is 5.26 Å².